The van der Waals surface area contributed by atoms with E-state index in [1.165, 1.54) is 11.3 Å². The molecule has 1 heterocycles. The Morgan fingerprint density at radius 3 is 2.95 bits per heavy atom. The van der Waals surface area contributed by atoms with Gasteiger partial charge in [-0.1, -0.05) is 41.6 Å². The summed E-state index contributed by atoms with van der Waals surface area (Å²) in [5.74, 6) is 5.17. The largest absolute Gasteiger partial charge is 0.384 e. The smallest absolute Gasteiger partial charge is 0.252 e. The molecule has 1 aromatic heterocycles. The summed E-state index contributed by atoms with van der Waals surface area (Å²) in [7, 11) is 0. The minimum atomic E-state index is -0.191. The maximum absolute atomic E-state index is 12.2. The maximum atomic E-state index is 12.2. The fraction of sp³-hybridized carbons (Fsp3) is 0.188. The Kier molecular flexibility index (Phi) is 5.40. The van der Waals surface area contributed by atoms with Crippen molar-refractivity contribution in [3.8, 4) is 11.8 Å². The number of amides is 1. The number of aliphatic hydroxyl groups is 1. The van der Waals surface area contributed by atoms with Crippen molar-refractivity contribution in [2.75, 3.05) is 6.61 Å². The van der Waals surface area contributed by atoms with E-state index in [9.17, 15) is 4.79 Å². The second kappa shape index (κ2) is 7.28. The summed E-state index contributed by atoms with van der Waals surface area (Å²) >= 11 is 7.49. The van der Waals surface area contributed by atoms with E-state index in [1.807, 2.05) is 25.1 Å². The molecule has 2 aromatic rings. The molecule has 1 aromatic carbocycles. The standard InChI is InChI=1S/C16H14ClNO2S/c1-11(14-6-2-3-7-15(14)17)18-16(20)12-9-13(21-10-12)5-4-8-19/h2-3,6-7,9-11,19H,8H2,1H3,(H,18,20). The molecule has 2 rings (SSSR count). The topological polar surface area (TPSA) is 49.3 Å². The molecular weight excluding hydrogens is 306 g/mol. The highest BCUT2D eigenvalue weighted by molar-refractivity contribution is 7.10. The summed E-state index contributed by atoms with van der Waals surface area (Å²) in [4.78, 5) is 12.9. The lowest BCUT2D eigenvalue weighted by atomic mass is 10.1. The molecule has 0 saturated carbocycles. The van der Waals surface area contributed by atoms with Crippen molar-refractivity contribution >= 4 is 28.8 Å². The summed E-state index contributed by atoms with van der Waals surface area (Å²) < 4.78 is 0. The Bertz CT molecular complexity index is 700. The third-order valence-corrected chi connectivity index (χ3v) is 4.06. The molecule has 21 heavy (non-hydrogen) atoms. The van der Waals surface area contributed by atoms with Crippen molar-refractivity contribution < 1.29 is 9.90 Å². The van der Waals surface area contributed by atoms with Gasteiger partial charge in [0.25, 0.3) is 5.91 Å². The van der Waals surface area contributed by atoms with Crippen molar-refractivity contribution in [3.63, 3.8) is 0 Å². The van der Waals surface area contributed by atoms with E-state index in [-0.39, 0.29) is 18.6 Å². The second-order valence-corrected chi connectivity index (χ2v) is 5.69. The number of carbonyl (C=O) groups is 1. The molecule has 0 saturated heterocycles. The average Bonchev–Trinajstić information content (AvgIpc) is 2.94. The Balaban J connectivity index is 2.07. The van der Waals surface area contributed by atoms with Crippen LogP contribution in [0.25, 0.3) is 0 Å². The van der Waals surface area contributed by atoms with E-state index in [2.05, 4.69) is 17.2 Å². The zero-order valence-electron chi connectivity index (χ0n) is 11.4. The monoisotopic (exact) mass is 319 g/mol. The highest BCUT2D eigenvalue weighted by Gasteiger charge is 2.14. The summed E-state index contributed by atoms with van der Waals surface area (Å²) in [6, 6.07) is 8.95. The zero-order valence-corrected chi connectivity index (χ0v) is 13.0. The lowest BCUT2D eigenvalue weighted by molar-refractivity contribution is 0.0940. The van der Waals surface area contributed by atoms with Crippen molar-refractivity contribution in [2.45, 2.75) is 13.0 Å². The Labute approximate surface area is 132 Å². The molecular formula is C16H14ClNO2S. The van der Waals surface area contributed by atoms with Gasteiger partial charge in [0.15, 0.2) is 0 Å². The molecule has 0 fully saturated rings. The number of nitrogens with one attached hydrogen (secondary N) is 1. The Morgan fingerprint density at radius 1 is 1.48 bits per heavy atom. The lowest BCUT2D eigenvalue weighted by Crippen LogP contribution is -2.26. The molecule has 0 aliphatic carbocycles. The number of aliphatic hydroxyl groups excluding tert-OH is 1. The van der Waals surface area contributed by atoms with Crippen LogP contribution in [0, 0.1) is 11.8 Å². The molecule has 1 unspecified atom stereocenters. The van der Waals surface area contributed by atoms with Gasteiger partial charge in [0, 0.05) is 10.4 Å². The third-order valence-electron chi connectivity index (χ3n) is 2.87. The van der Waals surface area contributed by atoms with Gasteiger partial charge in [0.2, 0.25) is 0 Å². The molecule has 108 valence electrons. The van der Waals surface area contributed by atoms with Crippen LogP contribution in [0.5, 0.6) is 0 Å². The number of benzene rings is 1. The summed E-state index contributed by atoms with van der Waals surface area (Å²) in [5.41, 5.74) is 1.43. The van der Waals surface area contributed by atoms with Crippen LogP contribution in [0.1, 0.15) is 33.8 Å². The van der Waals surface area contributed by atoms with Gasteiger partial charge in [-0.25, -0.2) is 0 Å². The van der Waals surface area contributed by atoms with Crippen LogP contribution in [0.3, 0.4) is 0 Å². The summed E-state index contributed by atoms with van der Waals surface area (Å²) in [5, 5.41) is 13.9. The van der Waals surface area contributed by atoms with Crippen molar-refractivity contribution in [2.24, 2.45) is 0 Å². The number of carbonyl (C=O) groups excluding carboxylic acids is 1. The van der Waals surface area contributed by atoms with E-state index in [1.54, 1.807) is 17.5 Å². The molecule has 1 atom stereocenters. The fourth-order valence-corrected chi connectivity index (χ4v) is 2.89. The molecule has 0 bridgehead atoms. The van der Waals surface area contributed by atoms with Crippen LogP contribution in [0.2, 0.25) is 5.02 Å². The van der Waals surface area contributed by atoms with Gasteiger partial charge in [-0.3, -0.25) is 4.79 Å². The van der Waals surface area contributed by atoms with Gasteiger partial charge in [-0.15, -0.1) is 11.3 Å². The second-order valence-electron chi connectivity index (χ2n) is 4.38. The summed E-state index contributed by atoms with van der Waals surface area (Å²) in [6.45, 7) is 1.70. The van der Waals surface area contributed by atoms with E-state index in [0.29, 0.717) is 10.6 Å². The Morgan fingerprint density at radius 2 is 2.24 bits per heavy atom. The van der Waals surface area contributed by atoms with Gasteiger partial charge in [-0.2, -0.15) is 0 Å². The Hall–Kier alpha value is -1.80. The molecule has 1 amide bonds. The van der Waals surface area contributed by atoms with Crippen LogP contribution < -0.4 is 5.32 Å². The van der Waals surface area contributed by atoms with E-state index in [4.69, 9.17) is 16.7 Å². The molecule has 3 nitrogen and oxygen atoms in total. The van der Waals surface area contributed by atoms with Crippen molar-refractivity contribution in [1.82, 2.24) is 5.32 Å². The van der Waals surface area contributed by atoms with Gasteiger partial charge < -0.3 is 10.4 Å². The van der Waals surface area contributed by atoms with Crippen molar-refractivity contribution in [1.29, 1.82) is 0 Å². The number of thiophene rings is 1. The quantitative estimate of drug-likeness (QED) is 0.853. The van der Waals surface area contributed by atoms with E-state index < -0.39 is 0 Å². The van der Waals surface area contributed by atoms with Gasteiger partial charge in [-0.05, 0) is 24.6 Å². The van der Waals surface area contributed by atoms with Gasteiger partial charge in [0.1, 0.15) is 6.61 Å². The predicted octanol–water partition coefficient (Wildman–Crippen LogP) is 3.24. The zero-order chi connectivity index (χ0) is 15.2. The van der Waals surface area contributed by atoms with Crippen LogP contribution in [0.15, 0.2) is 35.7 Å². The fourth-order valence-electron chi connectivity index (χ4n) is 1.83. The lowest BCUT2D eigenvalue weighted by Gasteiger charge is -2.15. The predicted molar refractivity (Wildman–Crippen MR) is 85.6 cm³/mol. The molecule has 0 spiro atoms. The minimum absolute atomic E-state index is 0.171. The maximum Gasteiger partial charge on any atom is 0.252 e. The number of rotatable bonds is 3. The molecule has 0 radical (unpaired) electrons. The normalized spacial score (nSPS) is 11.4. The summed E-state index contributed by atoms with van der Waals surface area (Å²) in [6.07, 6.45) is 0. The van der Waals surface area contributed by atoms with E-state index >= 15 is 0 Å². The number of hydrogen-bond donors (Lipinski definition) is 2. The first-order chi connectivity index (χ1) is 10.1. The highest BCUT2D eigenvalue weighted by atomic mass is 35.5. The average molecular weight is 320 g/mol. The van der Waals surface area contributed by atoms with Gasteiger partial charge in [0.05, 0.1) is 16.5 Å². The SMILES string of the molecule is CC(NC(=O)c1csc(C#CCO)c1)c1ccccc1Cl. The first-order valence-corrected chi connectivity index (χ1v) is 7.61. The highest BCUT2D eigenvalue weighted by Crippen LogP contribution is 2.23. The van der Waals surface area contributed by atoms with Gasteiger partial charge >= 0.3 is 0 Å². The minimum Gasteiger partial charge on any atom is -0.384 e. The van der Waals surface area contributed by atoms with Crippen LogP contribution in [0.4, 0.5) is 0 Å². The van der Waals surface area contributed by atoms with Crippen LogP contribution >= 0.6 is 22.9 Å². The molecule has 0 aliphatic heterocycles. The van der Waals surface area contributed by atoms with Crippen LogP contribution in [-0.2, 0) is 0 Å². The first kappa shape index (κ1) is 15.6. The molecule has 2 N–H and O–H groups in total. The molecule has 0 aliphatic rings. The van der Waals surface area contributed by atoms with E-state index in [0.717, 1.165) is 10.4 Å². The number of halogens is 1. The molecule has 5 heteroatoms. The number of hydrogen-bond acceptors (Lipinski definition) is 3. The first-order valence-electron chi connectivity index (χ1n) is 6.35. The van der Waals surface area contributed by atoms with Crippen molar-refractivity contribution in [3.05, 3.63) is 56.7 Å². The third kappa shape index (κ3) is 4.08. The van der Waals surface area contributed by atoms with Crippen LogP contribution in [-0.4, -0.2) is 17.6 Å².